The van der Waals surface area contributed by atoms with Gasteiger partial charge in [0, 0.05) is 11.6 Å². The Bertz CT molecular complexity index is 488. The van der Waals surface area contributed by atoms with Crippen LogP contribution in [-0.4, -0.2) is 6.54 Å². The summed E-state index contributed by atoms with van der Waals surface area (Å²) in [6.07, 6.45) is 0. The van der Waals surface area contributed by atoms with Crippen molar-refractivity contribution >= 4 is 0 Å². The molecule has 2 nitrogen and oxygen atoms in total. The summed E-state index contributed by atoms with van der Waals surface area (Å²) in [4.78, 5) is 0. The Morgan fingerprint density at radius 2 is 1.82 bits per heavy atom. The lowest BCUT2D eigenvalue weighted by Crippen LogP contribution is -2.10. The maximum absolute atomic E-state index is 13.0. The first-order valence-electron chi connectivity index (χ1n) is 5.45. The van der Waals surface area contributed by atoms with Crippen LogP contribution < -0.4 is 5.32 Å². The van der Waals surface area contributed by atoms with Gasteiger partial charge in [-0.15, -0.1) is 0 Å². The van der Waals surface area contributed by atoms with Crippen LogP contribution in [0.15, 0.2) is 34.7 Å². The molecule has 0 saturated carbocycles. The van der Waals surface area contributed by atoms with Crippen LogP contribution in [0.4, 0.5) is 8.78 Å². The number of hydrogen-bond acceptors (Lipinski definition) is 2. The second-order valence-corrected chi connectivity index (χ2v) is 3.70. The van der Waals surface area contributed by atoms with E-state index in [0.29, 0.717) is 17.9 Å². The highest BCUT2D eigenvalue weighted by Gasteiger charge is 2.07. The van der Waals surface area contributed by atoms with Gasteiger partial charge in [0.05, 0.1) is 6.54 Å². The molecular weight excluding hydrogens is 224 g/mol. The van der Waals surface area contributed by atoms with Gasteiger partial charge in [-0.25, -0.2) is 8.78 Å². The maximum atomic E-state index is 13.0. The Balaban J connectivity index is 2.24. The van der Waals surface area contributed by atoms with Gasteiger partial charge in [0.2, 0.25) is 0 Å². The quantitative estimate of drug-likeness (QED) is 0.882. The highest BCUT2D eigenvalue weighted by Crippen LogP contribution is 2.23. The third kappa shape index (κ3) is 2.91. The van der Waals surface area contributed by atoms with E-state index in [1.54, 1.807) is 12.1 Å². The predicted molar refractivity (Wildman–Crippen MR) is 61.4 cm³/mol. The monoisotopic (exact) mass is 237 g/mol. The normalized spacial score (nSPS) is 10.8. The molecule has 1 aromatic carbocycles. The Hall–Kier alpha value is -1.68. The van der Waals surface area contributed by atoms with Gasteiger partial charge in [-0.3, -0.25) is 0 Å². The molecule has 0 spiro atoms. The van der Waals surface area contributed by atoms with Crippen molar-refractivity contribution in [1.29, 1.82) is 0 Å². The third-order valence-electron chi connectivity index (χ3n) is 2.36. The smallest absolute Gasteiger partial charge is 0.134 e. The maximum Gasteiger partial charge on any atom is 0.134 e. The fraction of sp³-hybridized carbons (Fsp3) is 0.231. The molecule has 2 rings (SSSR count). The first-order chi connectivity index (χ1) is 8.19. The minimum absolute atomic E-state index is 0.408. The molecular formula is C13H13F2NO. The van der Waals surface area contributed by atoms with E-state index >= 15 is 0 Å². The van der Waals surface area contributed by atoms with Crippen LogP contribution in [0.2, 0.25) is 0 Å². The lowest BCUT2D eigenvalue weighted by Gasteiger charge is -1.99. The van der Waals surface area contributed by atoms with E-state index in [1.807, 2.05) is 6.92 Å². The fourth-order valence-electron chi connectivity index (χ4n) is 1.57. The van der Waals surface area contributed by atoms with Gasteiger partial charge in [0.25, 0.3) is 0 Å². The van der Waals surface area contributed by atoms with Crippen LogP contribution in [0.1, 0.15) is 12.7 Å². The summed E-state index contributed by atoms with van der Waals surface area (Å²) in [6.45, 7) is 3.44. The van der Waals surface area contributed by atoms with Crippen molar-refractivity contribution < 1.29 is 13.2 Å². The summed E-state index contributed by atoms with van der Waals surface area (Å²) in [6, 6.07) is 6.84. The Morgan fingerprint density at radius 1 is 1.12 bits per heavy atom. The predicted octanol–water partition coefficient (Wildman–Crippen LogP) is 3.33. The molecule has 0 aliphatic heterocycles. The van der Waals surface area contributed by atoms with Gasteiger partial charge in [0.1, 0.15) is 23.2 Å². The Labute approximate surface area is 98.3 Å². The van der Waals surface area contributed by atoms with Gasteiger partial charge in [-0.2, -0.15) is 0 Å². The van der Waals surface area contributed by atoms with Crippen molar-refractivity contribution in [2.45, 2.75) is 13.5 Å². The summed E-state index contributed by atoms with van der Waals surface area (Å²) < 4.78 is 31.5. The van der Waals surface area contributed by atoms with Crippen molar-refractivity contribution in [3.8, 4) is 11.3 Å². The third-order valence-corrected chi connectivity index (χ3v) is 2.36. The molecule has 0 fully saturated rings. The second-order valence-electron chi connectivity index (χ2n) is 3.70. The molecule has 0 unspecified atom stereocenters. The van der Waals surface area contributed by atoms with Crippen molar-refractivity contribution in [2.24, 2.45) is 0 Å². The van der Waals surface area contributed by atoms with E-state index in [-0.39, 0.29) is 0 Å². The molecule has 0 radical (unpaired) electrons. The van der Waals surface area contributed by atoms with Crippen LogP contribution in [-0.2, 0) is 6.54 Å². The molecule has 0 bridgehead atoms. The minimum atomic E-state index is -0.607. The van der Waals surface area contributed by atoms with E-state index in [0.717, 1.165) is 18.4 Å². The number of nitrogens with one attached hydrogen (secondary N) is 1. The lowest BCUT2D eigenvalue weighted by atomic mass is 10.1. The molecule has 1 N–H and O–H groups in total. The summed E-state index contributed by atoms with van der Waals surface area (Å²) in [5.74, 6) is -0.00270. The summed E-state index contributed by atoms with van der Waals surface area (Å²) in [7, 11) is 0. The van der Waals surface area contributed by atoms with Crippen molar-refractivity contribution in [1.82, 2.24) is 5.32 Å². The minimum Gasteiger partial charge on any atom is -0.460 e. The molecule has 0 saturated heterocycles. The van der Waals surface area contributed by atoms with Crippen LogP contribution in [0.25, 0.3) is 11.3 Å². The number of benzene rings is 1. The van der Waals surface area contributed by atoms with E-state index in [1.165, 1.54) is 12.1 Å². The molecule has 2 aromatic rings. The van der Waals surface area contributed by atoms with Crippen LogP contribution >= 0.6 is 0 Å². The first kappa shape index (κ1) is 11.8. The standard InChI is InChI=1S/C13H13F2NO/c1-2-16-8-12-3-4-13(17-12)9-5-10(14)7-11(15)6-9/h3-7,16H,2,8H2,1H3. The molecule has 4 heteroatoms. The van der Waals surface area contributed by atoms with Gasteiger partial charge in [-0.1, -0.05) is 6.92 Å². The summed E-state index contributed by atoms with van der Waals surface area (Å²) in [5, 5.41) is 3.11. The molecule has 17 heavy (non-hydrogen) atoms. The van der Waals surface area contributed by atoms with Crippen LogP contribution in [0.5, 0.6) is 0 Å². The number of hydrogen-bond donors (Lipinski definition) is 1. The molecule has 1 aromatic heterocycles. The van der Waals surface area contributed by atoms with E-state index < -0.39 is 11.6 Å². The van der Waals surface area contributed by atoms with Crippen molar-refractivity contribution in [3.63, 3.8) is 0 Å². The molecule has 0 aliphatic rings. The van der Waals surface area contributed by atoms with E-state index in [4.69, 9.17) is 4.42 Å². The van der Waals surface area contributed by atoms with Crippen molar-refractivity contribution in [3.05, 3.63) is 47.7 Å². The molecule has 0 amide bonds. The van der Waals surface area contributed by atoms with E-state index in [2.05, 4.69) is 5.32 Å². The average molecular weight is 237 g/mol. The van der Waals surface area contributed by atoms with E-state index in [9.17, 15) is 8.78 Å². The number of halogens is 2. The largest absolute Gasteiger partial charge is 0.460 e. The van der Waals surface area contributed by atoms with Crippen molar-refractivity contribution in [2.75, 3.05) is 6.54 Å². The van der Waals surface area contributed by atoms with Crippen LogP contribution in [0, 0.1) is 11.6 Å². The zero-order chi connectivity index (χ0) is 12.3. The summed E-state index contributed by atoms with van der Waals surface area (Å²) in [5.41, 5.74) is 0.408. The SMILES string of the molecule is CCNCc1ccc(-c2cc(F)cc(F)c2)o1. The average Bonchev–Trinajstić information content (AvgIpc) is 2.73. The van der Waals surface area contributed by atoms with Gasteiger partial charge in [0.15, 0.2) is 0 Å². The number of furan rings is 1. The van der Waals surface area contributed by atoms with Crippen LogP contribution in [0.3, 0.4) is 0 Å². The van der Waals surface area contributed by atoms with Gasteiger partial charge >= 0.3 is 0 Å². The second kappa shape index (κ2) is 5.10. The topological polar surface area (TPSA) is 25.2 Å². The van der Waals surface area contributed by atoms with Gasteiger partial charge in [-0.05, 0) is 30.8 Å². The molecule has 90 valence electrons. The lowest BCUT2D eigenvalue weighted by molar-refractivity contribution is 0.497. The Kier molecular flexibility index (Phi) is 3.54. The van der Waals surface area contributed by atoms with Gasteiger partial charge < -0.3 is 9.73 Å². The first-order valence-corrected chi connectivity index (χ1v) is 5.45. The molecule has 1 heterocycles. The fourth-order valence-corrected chi connectivity index (χ4v) is 1.57. The Morgan fingerprint density at radius 3 is 2.47 bits per heavy atom. The number of rotatable bonds is 4. The highest BCUT2D eigenvalue weighted by atomic mass is 19.1. The summed E-state index contributed by atoms with van der Waals surface area (Å²) >= 11 is 0. The zero-order valence-electron chi connectivity index (χ0n) is 9.47. The molecule has 0 aliphatic carbocycles. The zero-order valence-corrected chi connectivity index (χ0v) is 9.47. The molecule has 0 atom stereocenters. The highest BCUT2D eigenvalue weighted by molar-refractivity contribution is 5.57.